The van der Waals surface area contributed by atoms with Crippen molar-refractivity contribution < 1.29 is 9.53 Å². The second kappa shape index (κ2) is 4.91. The van der Waals surface area contributed by atoms with E-state index >= 15 is 0 Å². The Morgan fingerprint density at radius 3 is 2.86 bits per heavy atom. The lowest BCUT2D eigenvalue weighted by Gasteiger charge is -2.07. The number of nitrogens with two attached hydrogens (primary N) is 1. The molecule has 1 amide bonds. The second-order valence-electron chi connectivity index (χ2n) is 2.84. The Bertz CT molecular complexity index is 328. The Hall–Kier alpha value is -1.16. The summed E-state index contributed by atoms with van der Waals surface area (Å²) in [6, 6.07) is 7.55. The van der Waals surface area contributed by atoms with Crippen LogP contribution in [-0.4, -0.2) is 18.3 Å². The van der Waals surface area contributed by atoms with Crippen LogP contribution in [0.1, 0.15) is 6.92 Å². The Kier molecular flexibility index (Phi) is 3.83. The molecular weight excluding hydrogens is 198 g/mol. The topological polar surface area (TPSA) is 52.3 Å². The highest BCUT2D eigenvalue weighted by Gasteiger charge is 2.10. The molecular formula is C10H13NO2S. The van der Waals surface area contributed by atoms with E-state index in [2.05, 4.69) is 0 Å². The summed E-state index contributed by atoms with van der Waals surface area (Å²) in [6.45, 7) is 1.78. The molecule has 76 valence electrons. The molecule has 0 aromatic heterocycles. The molecule has 0 aliphatic rings. The quantitative estimate of drug-likeness (QED) is 0.771. The fourth-order valence-electron chi connectivity index (χ4n) is 0.937. The van der Waals surface area contributed by atoms with Crippen molar-refractivity contribution in [2.45, 2.75) is 17.1 Å². The van der Waals surface area contributed by atoms with E-state index in [1.54, 1.807) is 14.0 Å². The molecule has 0 saturated carbocycles. The van der Waals surface area contributed by atoms with Crippen LogP contribution in [0.5, 0.6) is 5.75 Å². The lowest BCUT2D eigenvalue weighted by molar-refractivity contribution is -0.117. The fraction of sp³-hybridized carbons (Fsp3) is 0.300. The van der Waals surface area contributed by atoms with E-state index in [1.807, 2.05) is 24.3 Å². The molecule has 0 heterocycles. The Morgan fingerprint density at radius 2 is 2.29 bits per heavy atom. The first-order chi connectivity index (χ1) is 6.63. The lowest BCUT2D eigenvalue weighted by atomic mass is 10.3. The molecule has 0 spiro atoms. The molecule has 2 N–H and O–H groups in total. The van der Waals surface area contributed by atoms with E-state index in [1.165, 1.54) is 11.8 Å². The number of ether oxygens (including phenoxy) is 1. The number of primary amides is 1. The molecule has 1 atom stereocenters. The zero-order chi connectivity index (χ0) is 10.6. The minimum atomic E-state index is -0.308. The summed E-state index contributed by atoms with van der Waals surface area (Å²) in [6.07, 6.45) is 0. The molecule has 0 radical (unpaired) electrons. The highest BCUT2D eigenvalue weighted by molar-refractivity contribution is 8.00. The number of carbonyl (C=O) groups is 1. The molecule has 14 heavy (non-hydrogen) atoms. The van der Waals surface area contributed by atoms with Crippen molar-refractivity contribution in [3.05, 3.63) is 24.3 Å². The minimum Gasteiger partial charge on any atom is -0.497 e. The number of methoxy groups -OCH3 is 1. The average molecular weight is 211 g/mol. The summed E-state index contributed by atoms with van der Waals surface area (Å²) in [4.78, 5) is 11.8. The zero-order valence-electron chi connectivity index (χ0n) is 8.19. The minimum absolute atomic E-state index is 0.220. The zero-order valence-corrected chi connectivity index (χ0v) is 9.01. The molecule has 1 aromatic carbocycles. The molecule has 0 fully saturated rings. The number of hydrogen-bond donors (Lipinski definition) is 1. The maximum absolute atomic E-state index is 10.8. The average Bonchev–Trinajstić information content (AvgIpc) is 2.18. The van der Waals surface area contributed by atoms with Gasteiger partial charge in [0.1, 0.15) is 5.75 Å². The van der Waals surface area contributed by atoms with Crippen molar-refractivity contribution in [1.82, 2.24) is 0 Å². The predicted molar refractivity (Wildman–Crippen MR) is 57.5 cm³/mol. The third kappa shape index (κ3) is 2.96. The van der Waals surface area contributed by atoms with Gasteiger partial charge in [-0.25, -0.2) is 0 Å². The van der Waals surface area contributed by atoms with E-state index in [-0.39, 0.29) is 11.2 Å². The Balaban J connectivity index is 2.71. The normalized spacial score (nSPS) is 12.1. The van der Waals surface area contributed by atoms with E-state index in [4.69, 9.17) is 10.5 Å². The van der Waals surface area contributed by atoms with Crippen molar-refractivity contribution in [2.75, 3.05) is 7.11 Å². The number of hydrogen-bond acceptors (Lipinski definition) is 3. The van der Waals surface area contributed by atoms with Gasteiger partial charge in [0.05, 0.1) is 12.4 Å². The standard InChI is InChI=1S/C10H13NO2S/c1-7(10(11)12)14-9-5-3-4-8(6-9)13-2/h3-7H,1-2H3,(H2,11,12). The first-order valence-electron chi connectivity index (χ1n) is 4.23. The van der Waals surface area contributed by atoms with Crippen molar-refractivity contribution in [3.8, 4) is 5.75 Å². The summed E-state index contributed by atoms with van der Waals surface area (Å²) in [5, 5.41) is -0.220. The predicted octanol–water partition coefficient (Wildman–Crippen LogP) is 1.66. The van der Waals surface area contributed by atoms with Gasteiger partial charge in [-0.15, -0.1) is 11.8 Å². The number of amides is 1. The van der Waals surface area contributed by atoms with E-state index in [0.717, 1.165) is 10.6 Å². The van der Waals surface area contributed by atoms with Crippen LogP contribution in [0.25, 0.3) is 0 Å². The van der Waals surface area contributed by atoms with Crippen molar-refractivity contribution >= 4 is 17.7 Å². The molecule has 3 nitrogen and oxygen atoms in total. The lowest BCUT2D eigenvalue weighted by Crippen LogP contribution is -2.22. The van der Waals surface area contributed by atoms with Crippen LogP contribution in [0.4, 0.5) is 0 Å². The van der Waals surface area contributed by atoms with Gasteiger partial charge >= 0.3 is 0 Å². The maximum atomic E-state index is 10.8. The summed E-state index contributed by atoms with van der Waals surface area (Å²) in [7, 11) is 1.61. The van der Waals surface area contributed by atoms with Crippen LogP contribution in [0.2, 0.25) is 0 Å². The fourth-order valence-corrected chi connectivity index (χ4v) is 1.80. The van der Waals surface area contributed by atoms with Gasteiger partial charge < -0.3 is 10.5 Å². The summed E-state index contributed by atoms with van der Waals surface area (Å²) >= 11 is 1.43. The number of benzene rings is 1. The van der Waals surface area contributed by atoms with Gasteiger partial charge in [-0.2, -0.15) is 0 Å². The number of carbonyl (C=O) groups excluding carboxylic acids is 1. The van der Waals surface area contributed by atoms with Crippen LogP contribution in [0.15, 0.2) is 29.2 Å². The third-order valence-electron chi connectivity index (χ3n) is 1.75. The molecule has 0 aliphatic heterocycles. The Morgan fingerprint density at radius 1 is 1.57 bits per heavy atom. The van der Waals surface area contributed by atoms with E-state index in [9.17, 15) is 4.79 Å². The maximum Gasteiger partial charge on any atom is 0.230 e. The highest BCUT2D eigenvalue weighted by Crippen LogP contribution is 2.26. The first-order valence-corrected chi connectivity index (χ1v) is 5.11. The SMILES string of the molecule is COc1cccc(SC(C)C(N)=O)c1. The highest BCUT2D eigenvalue weighted by atomic mass is 32.2. The second-order valence-corrected chi connectivity index (χ2v) is 4.26. The number of thioether (sulfide) groups is 1. The van der Waals surface area contributed by atoms with Crippen LogP contribution in [0, 0.1) is 0 Å². The monoisotopic (exact) mass is 211 g/mol. The smallest absolute Gasteiger partial charge is 0.230 e. The number of rotatable bonds is 4. The van der Waals surface area contributed by atoms with Crippen molar-refractivity contribution in [3.63, 3.8) is 0 Å². The molecule has 0 bridgehead atoms. The summed E-state index contributed by atoms with van der Waals surface area (Å²) in [5.41, 5.74) is 5.16. The third-order valence-corrected chi connectivity index (χ3v) is 2.87. The van der Waals surface area contributed by atoms with Gasteiger partial charge in [-0.05, 0) is 25.1 Å². The molecule has 4 heteroatoms. The van der Waals surface area contributed by atoms with Gasteiger partial charge in [0.2, 0.25) is 5.91 Å². The van der Waals surface area contributed by atoms with Gasteiger partial charge in [-0.3, -0.25) is 4.79 Å². The van der Waals surface area contributed by atoms with Crippen LogP contribution < -0.4 is 10.5 Å². The molecule has 1 unspecified atom stereocenters. The van der Waals surface area contributed by atoms with Gasteiger partial charge in [0, 0.05) is 4.90 Å². The van der Waals surface area contributed by atoms with Gasteiger partial charge in [-0.1, -0.05) is 6.07 Å². The molecule has 0 aliphatic carbocycles. The molecule has 1 aromatic rings. The van der Waals surface area contributed by atoms with Gasteiger partial charge in [0.25, 0.3) is 0 Å². The van der Waals surface area contributed by atoms with Crippen molar-refractivity contribution in [1.29, 1.82) is 0 Å². The van der Waals surface area contributed by atoms with Crippen molar-refractivity contribution in [2.24, 2.45) is 5.73 Å². The summed E-state index contributed by atoms with van der Waals surface area (Å²) in [5.74, 6) is 0.476. The summed E-state index contributed by atoms with van der Waals surface area (Å²) < 4.78 is 5.07. The Labute approximate surface area is 87.6 Å². The van der Waals surface area contributed by atoms with Crippen LogP contribution in [0.3, 0.4) is 0 Å². The van der Waals surface area contributed by atoms with E-state index in [0.29, 0.717) is 0 Å². The largest absolute Gasteiger partial charge is 0.497 e. The van der Waals surface area contributed by atoms with Crippen LogP contribution in [-0.2, 0) is 4.79 Å². The first kappa shape index (κ1) is 10.9. The van der Waals surface area contributed by atoms with Gasteiger partial charge in [0.15, 0.2) is 0 Å². The van der Waals surface area contributed by atoms with E-state index < -0.39 is 0 Å². The molecule has 1 rings (SSSR count). The van der Waals surface area contributed by atoms with Crippen LogP contribution >= 0.6 is 11.8 Å². The molecule has 0 saturated heterocycles.